The minimum absolute atomic E-state index is 0.331. The molecule has 1 atom stereocenters. The van der Waals surface area contributed by atoms with Crippen LogP contribution in [-0.4, -0.2) is 15.2 Å². The molecule has 1 rings (SSSR count). The first-order valence-electron chi connectivity index (χ1n) is 9.28. The molecule has 1 aromatic carbocycles. The summed E-state index contributed by atoms with van der Waals surface area (Å²) in [6.07, 6.45) is 11.9. The van der Waals surface area contributed by atoms with Gasteiger partial charge in [-0.3, -0.25) is 0 Å². The van der Waals surface area contributed by atoms with Crippen LogP contribution < -0.4 is 4.74 Å². The molecule has 0 amide bonds. The van der Waals surface area contributed by atoms with Crippen LogP contribution in [0, 0.1) is 11.5 Å². The van der Waals surface area contributed by atoms with Crippen molar-refractivity contribution in [1.29, 1.82) is 0 Å². The van der Waals surface area contributed by atoms with E-state index in [-0.39, 0.29) is 0 Å². The number of benzene rings is 1. The quantitative estimate of drug-likeness (QED) is 0.213. The van der Waals surface area contributed by atoms with E-state index in [4.69, 9.17) is 4.74 Å². The van der Waals surface area contributed by atoms with E-state index < -0.39 is 8.07 Å². The summed E-state index contributed by atoms with van der Waals surface area (Å²) in [6, 6.07) is 8.42. The van der Waals surface area contributed by atoms with Gasteiger partial charge in [-0.2, -0.15) is 0 Å². The van der Waals surface area contributed by atoms with E-state index in [1.165, 1.54) is 31.2 Å². The monoisotopic (exact) mass is 342 g/mol. The molecule has 0 aromatic heterocycles. The van der Waals surface area contributed by atoms with E-state index in [2.05, 4.69) is 68.4 Å². The Morgan fingerprint density at radius 3 is 2.58 bits per heavy atom. The molecular weight excluding hydrogens is 308 g/mol. The summed E-state index contributed by atoms with van der Waals surface area (Å²) in [5, 5.41) is 0. The number of hydrogen-bond acceptors (Lipinski definition) is 1. The standard InChI is InChI=1S/C22H34OSi/c1-6-7-8-9-10-11-12-14-20(17-18-24(3,4)5)21-15-13-16-22(19-21)23-2/h7-8,13,15-16,19-20H,6,9-12,14H2,1-5H3/b8-7+/t20-/m0/s1. The smallest absolute Gasteiger partial charge is 0.129 e. The minimum atomic E-state index is -1.35. The van der Waals surface area contributed by atoms with Crippen LogP contribution in [0.25, 0.3) is 0 Å². The topological polar surface area (TPSA) is 9.23 Å². The highest BCUT2D eigenvalue weighted by atomic mass is 28.3. The van der Waals surface area contributed by atoms with Crippen molar-refractivity contribution in [2.24, 2.45) is 0 Å². The average molecular weight is 343 g/mol. The van der Waals surface area contributed by atoms with Gasteiger partial charge in [-0.05, 0) is 43.4 Å². The van der Waals surface area contributed by atoms with Crippen molar-refractivity contribution in [2.75, 3.05) is 7.11 Å². The lowest BCUT2D eigenvalue weighted by Gasteiger charge is -2.14. The van der Waals surface area contributed by atoms with Crippen molar-refractivity contribution in [2.45, 2.75) is 71.0 Å². The van der Waals surface area contributed by atoms with Crippen LogP contribution in [0.4, 0.5) is 0 Å². The van der Waals surface area contributed by atoms with Gasteiger partial charge in [-0.15, -0.1) is 11.5 Å². The van der Waals surface area contributed by atoms with E-state index in [1.54, 1.807) is 7.11 Å². The van der Waals surface area contributed by atoms with Gasteiger partial charge in [0.1, 0.15) is 13.8 Å². The second-order valence-corrected chi connectivity index (χ2v) is 12.1. The molecule has 0 aliphatic rings. The minimum Gasteiger partial charge on any atom is -0.497 e. The molecule has 132 valence electrons. The van der Waals surface area contributed by atoms with Crippen LogP contribution >= 0.6 is 0 Å². The first kappa shape index (κ1) is 20.6. The zero-order chi connectivity index (χ0) is 17.8. The molecule has 1 nitrogen and oxygen atoms in total. The maximum atomic E-state index is 5.38. The van der Waals surface area contributed by atoms with Crippen molar-refractivity contribution in [3.63, 3.8) is 0 Å². The fourth-order valence-corrected chi connectivity index (χ4v) is 3.16. The Balaban J connectivity index is 2.68. The van der Waals surface area contributed by atoms with E-state index >= 15 is 0 Å². The normalized spacial score (nSPS) is 12.7. The summed E-state index contributed by atoms with van der Waals surface area (Å²) in [6.45, 7) is 9.11. The molecule has 2 heteroatoms. The number of rotatable bonds is 9. The highest BCUT2D eigenvalue weighted by Crippen LogP contribution is 2.25. The Morgan fingerprint density at radius 1 is 1.12 bits per heavy atom. The van der Waals surface area contributed by atoms with E-state index in [0.29, 0.717) is 5.92 Å². The summed E-state index contributed by atoms with van der Waals surface area (Å²) in [7, 11) is 0.382. The molecule has 1 aromatic rings. The van der Waals surface area contributed by atoms with E-state index in [1.807, 2.05) is 6.07 Å². The summed E-state index contributed by atoms with van der Waals surface area (Å²) in [5.74, 6) is 4.84. The summed E-state index contributed by atoms with van der Waals surface area (Å²) < 4.78 is 5.38. The molecule has 0 radical (unpaired) electrons. The molecule has 0 fully saturated rings. The number of allylic oxidation sites excluding steroid dienone is 2. The van der Waals surface area contributed by atoms with E-state index in [0.717, 1.165) is 18.6 Å². The van der Waals surface area contributed by atoms with Gasteiger partial charge in [-0.25, -0.2) is 0 Å². The Labute approximate surface area is 150 Å². The molecule has 0 N–H and O–H groups in total. The van der Waals surface area contributed by atoms with Crippen LogP contribution in [0.5, 0.6) is 5.75 Å². The third kappa shape index (κ3) is 8.98. The number of unbranched alkanes of at least 4 members (excludes halogenated alkanes) is 3. The van der Waals surface area contributed by atoms with Crippen molar-refractivity contribution < 1.29 is 4.74 Å². The third-order valence-corrected chi connectivity index (χ3v) is 4.78. The largest absolute Gasteiger partial charge is 0.497 e. The van der Waals surface area contributed by atoms with Gasteiger partial charge in [0.15, 0.2) is 0 Å². The average Bonchev–Trinajstić information content (AvgIpc) is 2.55. The van der Waals surface area contributed by atoms with E-state index in [9.17, 15) is 0 Å². The molecular formula is C22H34OSi. The Bertz CT molecular complexity index is 557. The Kier molecular flexibility index (Phi) is 9.57. The molecule has 0 heterocycles. The lowest BCUT2D eigenvalue weighted by atomic mass is 9.93. The maximum Gasteiger partial charge on any atom is 0.129 e. The van der Waals surface area contributed by atoms with Crippen LogP contribution in [0.3, 0.4) is 0 Å². The van der Waals surface area contributed by atoms with Crippen molar-refractivity contribution in [3.8, 4) is 17.2 Å². The lowest BCUT2D eigenvalue weighted by Crippen LogP contribution is -2.17. The SMILES string of the molecule is CC/C=C/CCCCC[C@@H](C#C[Si](C)(C)C)c1cccc(OC)c1. The Hall–Kier alpha value is -1.46. The molecule has 0 spiro atoms. The zero-order valence-corrected chi connectivity index (χ0v) is 17.2. The molecule has 24 heavy (non-hydrogen) atoms. The first-order chi connectivity index (χ1) is 11.5. The Morgan fingerprint density at radius 2 is 1.92 bits per heavy atom. The van der Waals surface area contributed by atoms with Crippen molar-refractivity contribution >= 4 is 8.07 Å². The third-order valence-electron chi connectivity index (χ3n) is 3.88. The highest BCUT2D eigenvalue weighted by Gasteiger charge is 2.12. The molecule has 0 bridgehead atoms. The van der Waals surface area contributed by atoms with Gasteiger partial charge >= 0.3 is 0 Å². The van der Waals surface area contributed by atoms with Crippen molar-refractivity contribution in [1.82, 2.24) is 0 Å². The van der Waals surface area contributed by atoms with Crippen LogP contribution in [0.1, 0.15) is 56.9 Å². The van der Waals surface area contributed by atoms with Crippen LogP contribution in [-0.2, 0) is 0 Å². The molecule has 0 aliphatic heterocycles. The van der Waals surface area contributed by atoms with Gasteiger partial charge < -0.3 is 4.74 Å². The number of methoxy groups -OCH3 is 1. The number of ether oxygens (including phenoxy) is 1. The van der Waals surface area contributed by atoms with Gasteiger partial charge in [-0.1, -0.05) is 63.7 Å². The summed E-state index contributed by atoms with van der Waals surface area (Å²) in [5.41, 5.74) is 4.86. The van der Waals surface area contributed by atoms with Gasteiger partial charge in [0, 0.05) is 5.92 Å². The second kappa shape index (κ2) is 11.2. The predicted molar refractivity (Wildman–Crippen MR) is 109 cm³/mol. The maximum absolute atomic E-state index is 5.38. The summed E-state index contributed by atoms with van der Waals surface area (Å²) in [4.78, 5) is 0. The van der Waals surface area contributed by atoms with Gasteiger partial charge in [0.05, 0.1) is 7.11 Å². The highest BCUT2D eigenvalue weighted by molar-refractivity contribution is 6.83. The molecule has 0 aliphatic carbocycles. The molecule has 0 saturated carbocycles. The lowest BCUT2D eigenvalue weighted by molar-refractivity contribution is 0.414. The zero-order valence-electron chi connectivity index (χ0n) is 16.2. The van der Waals surface area contributed by atoms with Crippen molar-refractivity contribution in [3.05, 3.63) is 42.0 Å². The van der Waals surface area contributed by atoms with Crippen LogP contribution in [0.15, 0.2) is 36.4 Å². The second-order valence-electron chi connectivity index (χ2n) is 7.37. The predicted octanol–water partition coefficient (Wildman–Crippen LogP) is 6.58. The first-order valence-corrected chi connectivity index (χ1v) is 12.8. The fraction of sp³-hybridized carbons (Fsp3) is 0.545. The molecule has 0 unspecified atom stereocenters. The fourth-order valence-electron chi connectivity index (χ4n) is 2.56. The number of hydrogen-bond donors (Lipinski definition) is 0. The van der Waals surface area contributed by atoms with Gasteiger partial charge in [0.2, 0.25) is 0 Å². The van der Waals surface area contributed by atoms with Gasteiger partial charge in [0.25, 0.3) is 0 Å². The molecule has 0 saturated heterocycles. The van der Waals surface area contributed by atoms with Crippen LogP contribution in [0.2, 0.25) is 19.6 Å². The summed E-state index contributed by atoms with van der Waals surface area (Å²) >= 11 is 0.